The number of aryl methyl sites for hydroxylation is 1. The molecule has 2 aliphatic rings. The van der Waals surface area contributed by atoms with Crippen molar-refractivity contribution in [2.75, 3.05) is 31.1 Å². The lowest BCUT2D eigenvalue weighted by Crippen LogP contribution is -2.44. The first kappa shape index (κ1) is 21.8. The van der Waals surface area contributed by atoms with Gasteiger partial charge in [-0.3, -0.25) is 9.69 Å². The van der Waals surface area contributed by atoms with Crippen LogP contribution < -0.4 is 14.4 Å². The van der Waals surface area contributed by atoms with Gasteiger partial charge in [0.2, 0.25) is 15.9 Å². The molecule has 31 heavy (non-hydrogen) atoms. The van der Waals surface area contributed by atoms with E-state index in [4.69, 9.17) is 4.74 Å². The number of hydrogen-bond acceptors (Lipinski definition) is 5. The number of piperidine rings is 1. The van der Waals surface area contributed by atoms with E-state index in [1.54, 1.807) is 24.0 Å². The van der Waals surface area contributed by atoms with Crippen molar-refractivity contribution in [2.45, 2.75) is 44.2 Å². The second-order valence-electron chi connectivity index (χ2n) is 8.26. The summed E-state index contributed by atoms with van der Waals surface area (Å²) in [6.07, 6.45) is 1.54. The molecule has 1 N–H and O–H groups in total. The van der Waals surface area contributed by atoms with Gasteiger partial charge in [0.25, 0.3) is 0 Å². The van der Waals surface area contributed by atoms with Crippen molar-refractivity contribution in [1.82, 2.24) is 9.62 Å². The second kappa shape index (κ2) is 8.98. The van der Waals surface area contributed by atoms with E-state index in [1.807, 2.05) is 18.2 Å². The van der Waals surface area contributed by atoms with Crippen molar-refractivity contribution >= 4 is 21.6 Å². The molecule has 4 rings (SSSR count). The maximum absolute atomic E-state index is 13.1. The average Bonchev–Trinajstić information content (AvgIpc) is 2.74. The van der Waals surface area contributed by atoms with Crippen molar-refractivity contribution in [2.24, 2.45) is 0 Å². The van der Waals surface area contributed by atoms with Gasteiger partial charge in [0.1, 0.15) is 12.4 Å². The summed E-state index contributed by atoms with van der Waals surface area (Å²) in [5, 5.41) is 0. The number of hydrogen-bond donors (Lipinski definition) is 1. The first-order valence-corrected chi connectivity index (χ1v) is 12.2. The number of rotatable bonds is 5. The highest BCUT2D eigenvalue weighted by Crippen LogP contribution is 2.36. The van der Waals surface area contributed by atoms with Gasteiger partial charge in [-0.1, -0.05) is 30.3 Å². The molecule has 2 heterocycles. The van der Waals surface area contributed by atoms with Crippen LogP contribution in [0, 0.1) is 6.92 Å². The summed E-state index contributed by atoms with van der Waals surface area (Å²) in [7, 11) is -3.69. The maximum atomic E-state index is 13.1. The van der Waals surface area contributed by atoms with Gasteiger partial charge >= 0.3 is 0 Å². The number of carbonyl (C=O) groups is 1. The Morgan fingerprint density at radius 3 is 2.52 bits per heavy atom. The highest BCUT2D eigenvalue weighted by atomic mass is 32.2. The molecule has 0 aromatic heterocycles. The Hall–Kier alpha value is -2.42. The molecule has 7 nitrogen and oxygen atoms in total. The number of benzene rings is 2. The van der Waals surface area contributed by atoms with Crippen LogP contribution in [0.15, 0.2) is 47.4 Å². The zero-order valence-electron chi connectivity index (χ0n) is 18.0. The lowest BCUT2D eigenvalue weighted by Gasteiger charge is -2.32. The van der Waals surface area contributed by atoms with Gasteiger partial charge in [-0.2, -0.15) is 0 Å². The number of fused-ring (bicyclic) bond motifs is 1. The Bertz CT molecular complexity index is 1050. The molecule has 0 radical (unpaired) electrons. The molecule has 0 saturated carbocycles. The first-order valence-electron chi connectivity index (χ1n) is 10.7. The molecular weight excluding hydrogens is 414 g/mol. The molecule has 0 bridgehead atoms. The molecule has 166 valence electrons. The van der Waals surface area contributed by atoms with Gasteiger partial charge in [0.05, 0.1) is 17.1 Å². The van der Waals surface area contributed by atoms with E-state index in [-0.39, 0.29) is 16.8 Å². The van der Waals surface area contributed by atoms with E-state index in [1.165, 1.54) is 12.5 Å². The van der Waals surface area contributed by atoms with E-state index in [0.29, 0.717) is 30.2 Å². The molecular formula is C23H29N3O4S. The largest absolute Gasteiger partial charge is 0.489 e. The predicted octanol–water partition coefficient (Wildman–Crippen LogP) is 2.68. The van der Waals surface area contributed by atoms with Crippen LogP contribution in [-0.2, 0) is 21.4 Å². The third-order valence-electron chi connectivity index (χ3n) is 5.95. The Balaban J connectivity index is 1.43. The third-order valence-corrected chi connectivity index (χ3v) is 7.61. The summed E-state index contributed by atoms with van der Waals surface area (Å²) in [6.45, 7) is 6.65. The lowest BCUT2D eigenvalue weighted by molar-refractivity contribution is -0.116. The molecule has 0 aliphatic carbocycles. The monoisotopic (exact) mass is 443 g/mol. The SMILES string of the molecule is CC(=O)N1CCOc2cc(S(=O)(=O)NC3CCN(Cc4ccccc4)CC3)c(C)cc21. The lowest BCUT2D eigenvalue weighted by atomic mass is 10.1. The van der Waals surface area contributed by atoms with Crippen molar-refractivity contribution in [3.05, 3.63) is 53.6 Å². The Labute approximate surface area is 184 Å². The first-order chi connectivity index (χ1) is 14.8. The number of sulfonamides is 1. The predicted molar refractivity (Wildman–Crippen MR) is 120 cm³/mol. The van der Waals surface area contributed by atoms with Crippen molar-refractivity contribution in [1.29, 1.82) is 0 Å². The minimum atomic E-state index is -3.69. The summed E-state index contributed by atoms with van der Waals surface area (Å²) >= 11 is 0. The van der Waals surface area contributed by atoms with Crippen LogP contribution in [0.2, 0.25) is 0 Å². The minimum Gasteiger partial charge on any atom is -0.489 e. The van der Waals surface area contributed by atoms with Crippen molar-refractivity contribution < 1.29 is 17.9 Å². The average molecular weight is 444 g/mol. The van der Waals surface area contributed by atoms with Crippen LogP contribution in [0.4, 0.5) is 5.69 Å². The van der Waals surface area contributed by atoms with Crippen LogP contribution in [0.25, 0.3) is 0 Å². The summed E-state index contributed by atoms with van der Waals surface area (Å²) < 4.78 is 34.8. The Morgan fingerprint density at radius 1 is 1.13 bits per heavy atom. The smallest absolute Gasteiger partial charge is 0.241 e. The van der Waals surface area contributed by atoms with Gasteiger partial charge in [-0.15, -0.1) is 0 Å². The molecule has 0 atom stereocenters. The van der Waals surface area contributed by atoms with E-state index in [2.05, 4.69) is 21.8 Å². The van der Waals surface area contributed by atoms with Crippen LogP contribution in [-0.4, -0.2) is 51.5 Å². The van der Waals surface area contributed by atoms with Gasteiger partial charge in [-0.05, 0) is 37.0 Å². The number of nitrogens with zero attached hydrogens (tertiary/aromatic N) is 2. The molecule has 2 aliphatic heterocycles. The number of likely N-dealkylation sites (tertiary alicyclic amines) is 1. The van der Waals surface area contributed by atoms with Gasteiger partial charge in [-0.25, -0.2) is 13.1 Å². The van der Waals surface area contributed by atoms with Gasteiger partial charge < -0.3 is 9.64 Å². The van der Waals surface area contributed by atoms with E-state index < -0.39 is 10.0 Å². The van der Waals surface area contributed by atoms with E-state index in [0.717, 1.165) is 32.5 Å². The molecule has 0 spiro atoms. The summed E-state index contributed by atoms with van der Waals surface area (Å²) in [5.74, 6) is 0.352. The van der Waals surface area contributed by atoms with Gasteiger partial charge in [0.15, 0.2) is 0 Å². The van der Waals surface area contributed by atoms with E-state index in [9.17, 15) is 13.2 Å². The number of anilines is 1. The molecule has 1 amide bonds. The standard InChI is InChI=1S/C23H29N3O4S/c1-17-14-21-22(30-13-12-26(21)18(2)27)15-23(17)31(28,29)24-20-8-10-25(11-9-20)16-19-6-4-3-5-7-19/h3-7,14-15,20,24H,8-13,16H2,1-2H3. The zero-order valence-corrected chi connectivity index (χ0v) is 18.8. The fraction of sp³-hybridized carbons (Fsp3) is 0.435. The van der Waals surface area contributed by atoms with Crippen molar-refractivity contribution in [3.63, 3.8) is 0 Å². The van der Waals surface area contributed by atoms with Gasteiger partial charge in [0, 0.05) is 38.7 Å². The summed E-state index contributed by atoms with van der Waals surface area (Å²) in [5.41, 5.74) is 2.50. The Morgan fingerprint density at radius 2 is 1.84 bits per heavy atom. The molecule has 8 heteroatoms. The third kappa shape index (κ3) is 4.92. The maximum Gasteiger partial charge on any atom is 0.241 e. The highest BCUT2D eigenvalue weighted by Gasteiger charge is 2.29. The van der Waals surface area contributed by atoms with Crippen molar-refractivity contribution in [3.8, 4) is 5.75 Å². The minimum absolute atomic E-state index is 0.0834. The normalized spacial score (nSPS) is 17.8. The highest BCUT2D eigenvalue weighted by molar-refractivity contribution is 7.89. The topological polar surface area (TPSA) is 78.9 Å². The quantitative estimate of drug-likeness (QED) is 0.769. The molecule has 1 fully saturated rings. The number of nitrogens with one attached hydrogen (secondary N) is 1. The van der Waals surface area contributed by atoms with Crippen LogP contribution in [0.3, 0.4) is 0 Å². The fourth-order valence-corrected chi connectivity index (χ4v) is 5.84. The molecule has 0 unspecified atom stereocenters. The summed E-state index contributed by atoms with van der Waals surface area (Å²) in [6, 6.07) is 13.5. The second-order valence-corrected chi connectivity index (χ2v) is 9.94. The Kier molecular flexibility index (Phi) is 6.31. The molecule has 2 aromatic carbocycles. The zero-order chi connectivity index (χ0) is 22.0. The number of ether oxygens (including phenoxy) is 1. The molecule has 2 aromatic rings. The molecule has 1 saturated heterocycles. The van der Waals surface area contributed by atoms with Crippen LogP contribution in [0.5, 0.6) is 5.75 Å². The number of carbonyl (C=O) groups excluding carboxylic acids is 1. The fourth-order valence-electron chi connectivity index (χ4n) is 4.30. The number of amides is 1. The van der Waals surface area contributed by atoms with Crippen LogP contribution >= 0.6 is 0 Å². The van der Waals surface area contributed by atoms with E-state index >= 15 is 0 Å². The van der Waals surface area contributed by atoms with Crippen LogP contribution in [0.1, 0.15) is 30.9 Å². The summed E-state index contributed by atoms with van der Waals surface area (Å²) in [4.78, 5) is 16.1.